The largest absolute Gasteiger partial charge is 0.480 e. The van der Waals surface area contributed by atoms with Crippen molar-refractivity contribution in [2.45, 2.75) is 38.1 Å². The summed E-state index contributed by atoms with van der Waals surface area (Å²) in [5.74, 6) is 2.01. The minimum Gasteiger partial charge on any atom is -0.480 e. The number of carbonyl (C=O) groups is 1. The summed E-state index contributed by atoms with van der Waals surface area (Å²) >= 11 is 0. The van der Waals surface area contributed by atoms with Crippen LogP contribution in [0.5, 0.6) is 5.88 Å². The Hall–Kier alpha value is -1.62. The van der Waals surface area contributed by atoms with Crippen LogP contribution in [0.3, 0.4) is 0 Å². The molecule has 3 saturated heterocycles. The second-order valence-corrected chi connectivity index (χ2v) is 7.62. The van der Waals surface area contributed by atoms with Crippen molar-refractivity contribution in [2.75, 3.05) is 33.3 Å². The first-order valence-electron chi connectivity index (χ1n) is 9.27. The first-order valence-corrected chi connectivity index (χ1v) is 9.27. The summed E-state index contributed by atoms with van der Waals surface area (Å²) in [6.07, 6.45) is 8.33. The lowest BCUT2D eigenvalue weighted by Crippen LogP contribution is -2.47. The van der Waals surface area contributed by atoms with Crippen molar-refractivity contribution in [3.63, 3.8) is 0 Å². The Labute approximate surface area is 144 Å². The van der Waals surface area contributed by atoms with E-state index in [-0.39, 0.29) is 5.91 Å². The second kappa shape index (κ2) is 6.71. The van der Waals surface area contributed by atoms with E-state index in [2.05, 4.69) is 9.88 Å². The van der Waals surface area contributed by atoms with E-state index in [0.29, 0.717) is 23.4 Å². The van der Waals surface area contributed by atoms with Crippen LogP contribution in [-0.2, 0) is 0 Å². The van der Waals surface area contributed by atoms with E-state index in [4.69, 9.17) is 4.74 Å². The molecule has 5 nitrogen and oxygen atoms in total. The van der Waals surface area contributed by atoms with Crippen molar-refractivity contribution in [1.82, 2.24) is 14.8 Å². The fourth-order valence-electron chi connectivity index (χ4n) is 4.46. The number of ether oxygens (including phenoxy) is 1. The number of hydrogen-bond acceptors (Lipinski definition) is 4. The van der Waals surface area contributed by atoms with Gasteiger partial charge in [-0.25, -0.2) is 4.98 Å². The summed E-state index contributed by atoms with van der Waals surface area (Å²) in [7, 11) is 1.57. The van der Waals surface area contributed by atoms with Crippen LogP contribution in [0.2, 0.25) is 0 Å². The number of aromatic nitrogens is 1. The van der Waals surface area contributed by atoms with Gasteiger partial charge in [0.25, 0.3) is 5.91 Å². The van der Waals surface area contributed by atoms with Gasteiger partial charge >= 0.3 is 0 Å². The van der Waals surface area contributed by atoms with Crippen molar-refractivity contribution >= 4 is 5.91 Å². The molecular formula is C19H27N3O2. The van der Waals surface area contributed by atoms with Crippen molar-refractivity contribution in [2.24, 2.45) is 11.8 Å². The highest BCUT2D eigenvalue weighted by Crippen LogP contribution is 2.33. The third-order valence-electron chi connectivity index (χ3n) is 6.03. The Kier molecular flexibility index (Phi) is 4.44. The number of methoxy groups -OCH3 is 1. The zero-order chi connectivity index (χ0) is 16.5. The van der Waals surface area contributed by atoms with Crippen molar-refractivity contribution < 1.29 is 9.53 Å². The van der Waals surface area contributed by atoms with Crippen LogP contribution in [-0.4, -0.2) is 60.0 Å². The Balaban J connectivity index is 1.49. The van der Waals surface area contributed by atoms with E-state index >= 15 is 0 Å². The van der Waals surface area contributed by atoms with Gasteiger partial charge in [0.05, 0.1) is 7.11 Å². The van der Waals surface area contributed by atoms with Gasteiger partial charge in [0.2, 0.25) is 5.88 Å². The van der Waals surface area contributed by atoms with E-state index in [1.54, 1.807) is 13.3 Å². The van der Waals surface area contributed by atoms with Crippen LogP contribution in [0.25, 0.3) is 0 Å². The maximum Gasteiger partial charge on any atom is 0.259 e. The van der Waals surface area contributed by atoms with Crippen molar-refractivity contribution in [3.05, 3.63) is 23.9 Å². The molecule has 4 fully saturated rings. The zero-order valence-electron chi connectivity index (χ0n) is 14.5. The van der Waals surface area contributed by atoms with E-state index in [0.717, 1.165) is 25.6 Å². The standard InChI is InChI=1S/C19H27N3O2/c1-24-18-17(6-3-9-20-18)19(23)22-12-15-7-8-16(13-22)21(11-15)10-14-4-2-5-14/h3,6,9,14-16H,2,4-5,7-8,10-13H2,1H3/t15-,16-/m0/s1. The van der Waals surface area contributed by atoms with Gasteiger partial charge in [-0.3, -0.25) is 9.69 Å². The van der Waals surface area contributed by atoms with Gasteiger partial charge in [0.15, 0.2) is 0 Å². The molecule has 0 radical (unpaired) electrons. The normalized spacial score (nSPS) is 27.6. The lowest BCUT2D eigenvalue weighted by molar-refractivity contribution is 0.0713. The average Bonchev–Trinajstić information content (AvgIpc) is 2.89. The number of pyridine rings is 1. The Morgan fingerprint density at radius 2 is 2.12 bits per heavy atom. The van der Waals surface area contributed by atoms with Gasteiger partial charge in [-0.15, -0.1) is 0 Å². The van der Waals surface area contributed by atoms with Crippen LogP contribution in [0.1, 0.15) is 42.5 Å². The van der Waals surface area contributed by atoms with E-state index in [9.17, 15) is 4.79 Å². The van der Waals surface area contributed by atoms with Gasteiger partial charge < -0.3 is 9.64 Å². The molecule has 1 amide bonds. The molecule has 24 heavy (non-hydrogen) atoms. The smallest absolute Gasteiger partial charge is 0.259 e. The summed E-state index contributed by atoms with van der Waals surface area (Å²) in [6.45, 7) is 4.11. The molecule has 5 heteroatoms. The zero-order valence-corrected chi connectivity index (χ0v) is 14.5. The van der Waals surface area contributed by atoms with E-state index in [1.807, 2.05) is 17.0 Å². The van der Waals surface area contributed by atoms with Gasteiger partial charge in [-0.2, -0.15) is 0 Å². The highest BCUT2D eigenvalue weighted by Gasteiger charge is 2.38. The molecule has 0 unspecified atom stereocenters. The minimum atomic E-state index is 0.0716. The summed E-state index contributed by atoms with van der Waals surface area (Å²) in [4.78, 5) is 21.9. The van der Waals surface area contributed by atoms with Gasteiger partial charge in [-0.1, -0.05) is 6.42 Å². The van der Waals surface area contributed by atoms with Crippen LogP contribution < -0.4 is 4.74 Å². The molecule has 1 aromatic rings. The van der Waals surface area contributed by atoms with Crippen LogP contribution >= 0.6 is 0 Å². The Morgan fingerprint density at radius 1 is 1.25 bits per heavy atom. The summed E-state index contributed by atoms with van der Waals surface area (Å²) < 4.78 is 5.28. The number of fused-ring (bicyclic) bond motifs is 4. The molecule has 2 bridgehead atoms. The van der Waals surface area contributed by atoms with Crippen molar-refractivity contribution in [3.8, 4) is 5.88 Å². The summed E-state index contributed by atoms with van der Waals surface area (Å²) in [5.41, 5.74) is 0.590. The second-order valence-electron chi connectivity index (χ2n) is 7.62. The lowest BCUT2D eigenvalue weighted by atomic mass is 9.83. The minimum absolute atomic E-state index is 0.0716. The number of nitrogens with zero attached hydrogens (tertiary/aromatic N) is 3. The SMILES string of the molecule is COc1ncccc1C(=O)N1C[C@H]2CC[C@@H](C1)N(CC1CCC1)C2. The topological polar surface area (TPSA) is 45.7 Å². The van der Waals surface area contributed by atoms with Gasteiger partial charge in [0.1, 0.15) is 5.56 Å². The van der Waals surface area contributed by atoms with Crippen LogP contribution in [0.4, 0.5) is 0 Å². The molecule has 1 saturated carbocycles. The Morgan fingerprint density at radius 3 is 2.88 bits per heavy atom. The van der Waals surface area contributed by atoms with E-state index in [1.165, 1.54) is 38.6 Å². The molecule has 5 rings (SSSR count). The van der Waals surface area contributed by atoms with E-state index < -0.39 is 0 Å². The molecule has 3 aliphatic heterocycles. The van der Waals surface area contributed by atoms with Crippen molar-refractivity contribution in [1.29, 1.82) is 0 Å². The molecule has 2 atom stereocenters. The third-order valence-corrected chi connectivity index (χ3v) is 6.03. The lowest BCUT2D eigenvalue weighted by Gasteiger charge is -2.40. The van der Waals surface area contributed by atoms with Crippen LogP contribution in [0, 0.1) is 11.8 Å². The average molecular weight is 329 g/mol. The fraction of sp³-hybridized carbons (Fsp3) is 0.684. The maximum absolute atomic E-state index is 13.0. The Bertz CT molecular complexity index is 602. The van der Waals surface area contributed by atoms with Crippen LogP contribution in [0.15, 0.2) is 18.3 Å². The maximum atomic E-state index is 13.0. The summed E-state index contributed by atoms with van der Waals surface area (Å²) in [5, 5.41) is 0. The molecule has 0 N–H and O–H groups in total. The van der Waals surface area contributed by atoms with Gasteiger partial charge in [-0.05, 0) is 49.7 Å². The fourth-order valence-corrected chi connectivity index (χ4v) is 4.46. The predicted molar refractivity (Wildman–Crippen MR) is 92.1 cm³/mol. The molecule has 1 aliphatic carbocycles. The molecule has 0 aromatic carbocycles. The number of piperidine rings is 1. The number of rotatable bonds is 4. The quantitative estimate of drug-likeness (QED) is 0.851. The highest BCUT2D eigenvalue weighted by molar-refractivity contribution is 5.96. The third kappa shape index (κ3) is 3.02. The molecule has 4 heterocycles. The monoisotopic (exact) mass is 329 g/mol. The molecule has 1 aromatic heterocycles. The molecule has 0 spiro atoms. The number of amides is 1. The molecule has 4 aliphatic rings. The summed E-state index contributed by atoms with van der Waals surface area (Å²) in [6, 6.07) is 4.16. The molecule has 130 valence electrons. The molecular weight excluding hydrogens is 302 g/mol. The highest BCUT2D eigenvalue weighted by atomic mass is 16.5. The van der Waals surface area contributed by atoms with Gasteiger partial charge in [0, 0.05) is 38.4 Å². The first kappa shape index (κ1) is 15.9. The number of hydrogen-bond donors (Lipinski definition) is 0. The number of carbonyl (C=O) groups excluding carboxylic acids is 1. The predicted octanol–water partition coefficient (Wildman–Crippen LogP) is 2.43. The first-order chi connectivity index (χ1) is 11.7.